The summed E-state index contributed by atoms with van der Waals surface area (Å²) in [6.45, 7) is 1.61. The van der Waals surface area contributed by atoms with Crippen LogP contribution in [-0.2, 0) is 6.42 Å². The van der Waals surface area contributed by atoms with Crippen LogP contribution in [0.25, 0.3) is 10.9 Å². The van der Waals surface area contributed by atoms with E-state index in [0.717, 1.165) is 17.7 Å². The number of nitrogens with one attached hydrogen (secondary N) is 2. The number of hydrogen-bond acceptors (Lipinski definition) is 2. The minimum absolute atomic E-state index is 0.0866. The van der Waals surface area contributed by atoms with E-state index in [1.54, 1.807) is 11.9 Å². The summed E-state index contributed by atoms with van der Waals surface area (Å²) >= 11 is 0. The Labute approximate surface area is 147 Å². The summed E-state index contributed by atoms with van der Waals surface area (Å²) in [7, 11) is 1.77. The third-order valence-electron chi connectivity index (χ3n) is 4.13. The number of fused-ring (bicyclic) bond motifs is 1. The van der Waals surface area contributed by atoms with Gasteiger partial charge in [-0.2, -0.15) is 0 Å². The number of likely N-dealkylation sites (N-methyl/N-ethyl adjacent to an activating group) is 1. The third kappa shape index (κ3) is 4.53. The largest absolute Gasteiger partial charge is 0.492 e. The van der Waals surface area contributed by atoms with E-state index >= 15 is 0 Å². The lowest BCUT2D eigenvalue weighted by molar-refractivity contribution is 0.195. The van der Waals surface area contributed by atoms with E-state index in [1.807, 2.05) is 48.7 Å². The molecule has 0 saturated heterocycles. The highest BCUT2D eigenvalue weighted by atomic mass is 16.5. The van der Waals surface area contributed by atoms with E-state index in [9.17, 15) is 4.79 Å². The number of rotatable bonds is 7. The quantitative estimate of drug-likeness (QED) is 0.694. The highest BCUT2D eigenvalue weighted by Gasteiger charge is 2.09. The second kappa shape index (κ2) is 8.24. The summed E-state index contributed by atoms with van der Waals surface area (Å²) < 4.78 is 5.61. The summed E-state index contributed by atoms with van der Waals surface area (Å²) in [6, 6.07) is 17.7. The number of urea groups is 1. The predicted octanol–water partition coefficient (Wildman–Crippen LogP) is 3.43. The number of carbonyl (C=O) groups is 1. The molecule has 0 saturated carbocycles. The average molecular weight is 337 g/mol. The SMILES string of the molecule is CN(CCOc1ccccc1)C(=O)NCCc1c[nH]c2ccccc12. The van der Waals surface area contributed by atoms with Crippen LogP contribution >= 0.6 is 0 Å². The number of aromatic nitrogens is 1. The van der Waals surface area contributed by atoms with Crippen molar-refractivity contribution < 1.29 is 9.53 Å². The normalized spacial score (nSPS) is 10.6. The van der Waals surface area contributed by atoms with Crippen molar-refractivity contribution in [3.05, 3.63) is 66.4 Å². The maximum atomic E-state index is 12.1. The number of benzene rings is 2. The zero-order valence-corrected chi connectivity index (χ0v) is 14.4. The van der Waals surface area contributed by atoms with Gasteiger partial charge < -0.3 is 19.9 Å². The first-order valence-electron chi connectivity index (χ1n) is 8.46. The minimum atomic E-state index is -0.0866. The molecule has 0 aliphatic carbocycles. The second-order valence-electron chi connectivity index (χ2n) is 5.92. The van der Waals surface area contributed by atoms with Gasteiger partial charge in [-0.1, -0.05) is 36.4 Å². The van der Waals surface area contributed by atoms with Crippen LogP contribution in [0.4, 0.5) is 4.79 Å². The van der Waals surface area contributed by atoms with Crippen molar-refractivity contribution in [1.82, 2.24) is 15.2 Å². The molecule has 2 N–H and O–H groups in total. The second-order valence-corrected chi connectivity index (χ2v) is 5.92. The van der Waals surface area contributed by atoms with Gasteiger partial charge in [0.2, 0.25) is 0 Å². The number of para-hydroxylation sites is 2. The minimum Gasteiger partial charge on any atom is -0.492 e. The average Bonchev–Trinajstić information content (AvgIpc) is 3.06. The van der Waals surface area contributed by atoms with Crippen molar-refractivity contribution >= 4 is 16.9 Å². The number of carbonyl (C=O) groups excluding carboxylic acids is 1. The number of H-pyrrole nitrogens is 1. The standard InChI is InChI=1S/C20H23N3O2/c1-23(13-14-25-17-7-3-2-4-8-17)20(24)21-12-11-16-15-22-19-10-6-5-9-18(16)19/h2-10,15,22H,11-14H2,1H3,(H,21,24). The monoisotopic (exact) mass is 337 g/mol. The first-order chi connectivity index (χ1) is 12.2. The summed E-state index contributed by atoms with van der Waals surface area (Å²) in [5.74, 6) is 0.815. The van der Waals surface area contributed by atoms with Crippen molar-refractivity contribution in [3.8, 4) is 5.75 Å². The molecule has 25 heavy (non-hydrogen) atoms. The summed E-state index contributed by atoms with van der Waals surface area (Å²) in [5.41, 5.74) is 2.34. The molecule has 1 aromatic heterocycles. The van der Waals surface area contributed by atoms with Crippen LogP contribution < -0.4 is 10.1 Å². The van der Waals surface area contributed by atoms with Gasteiger partial charge in [0.25, 0.3) is 0 Å². The van der Waals surface area contributed by atoms with Crippen molar-refractivity contribution in [2.24, 2.45) is 0 Å². The molecule has 0 atom stereocenters. The van der Waals surface area contributed by atoms with Crippen LogP contribution in [0.2, 0.25) is 0 Å². The third-order valence-corrected chi connectivity index (χ3v) is 4.13. The fourth-order valence-corrected chi connectivity index (χ4v) is 2.70. The zero-order chi connectivity index (χ0) is 17.5. The number of amides is 2. The Balaban J connectivity index is 1.39. The van der Waals surface area contributed by atoms with Crippen LogP contribution in [-0.4, -0.2) is 42.7 Å². The van der Waals surface area contributed by atoms with Gasteiger partial charge in [-0.05, 0) is 30.2 Å². The molecule has 2 aromatic carbocycles. The van der Waals surface area contributed by atoms with Gasteiger partial charge in [0.15, 0.2) is 0 Å². The van der Waals surface area contributed by atoms with Crippen LogP contribution in [0.3, 0.4) is 0 Å². The van der Waals surface area contributed by atoms with Crippen LogP contribution in [0.1, 0.15) is 5.56 Å². The Bertz CT molecular complexity index is 814. The molecule has 0 aliphatic rings. The molecule has 3 rings (SSSR count). The van der Waals surface area contributed by atoms with Gasteiger partial charge in [0.1, 0.15) is 12.4 Å². The molecule has 2 amide bonds. The molecule has 0 bridgehead atoms. The summed E-state index contributed by atoms with van der Waals surface area (Å²) in [4.78, 5) is 17.0. The van der Waals surface area contributed by atoms with E-state index in [0.29, 0.717) is 19.7 Å². The number of ether oxygens (including phenoxy) is 1. The highest BCUT2D eigenvalue weighted by Crippen LogP contribution is 2.17. The topological polar surface area (TPSA) is 57.4 Å². The van der Waals surface area contributed by atoms with E-state index in [4.69, 9.17) is 4.74 Å². The van der Waals surface area contributed by atoms with Gasteiger partial charge in [-0.15, -0.1) is 0 Å². The van der Waals surface area contributed by atoms with E-state index in [1.165, 1.54) is 10.9 Å². The van der Waals surface area contributed by atoms with Crippen molar-refractivity contribution in [3.63, 3.8) is 0 Å². The van der Waals surface area contributed by atoms with Crippen molar-refractivity contribution in [2.45, 2.75) is 6.42 Å². The maximum Gasteiger partial charge on any atom is 0.317 e. The summed E-state index contributed by atoms with van der Waals surface area (Å²) in [6.07, 6.45) is 2.80. The smallest absolute Gasteiger partial charge is 0.317 e. The van der Waals surface area contributed by atoms with Crippen LogP contribution in [0.5, 0.6) is 5.75 Å². The molecule has 1 heterocycles. The predicted molar refractivity (Wildman–Crippen MR) is 100.0 cm³/mol. The number of aromatic amines is 1. The molecule has 5 nitrogen and oxygen atoms in total. The molecule has 0 radical (unpaired) electrons. The lowest BCUT2D eigenvalue weighted by atomic mass is 10.1. The van der Waals surface area contributed by atoms with Crippen LogP contribution in [0.15, 0.2) is 60.8 Å². The van der Waals surface area contributed by atoms with Crippen molar-refractivity contribution in [2.75, 3.05) is 26.7 Å². The fraction of sp³-hybridized carbons (Fsp3) is 0.250. The molecule has 0 fully saturated rings. The molecule has 5 heteroatoms. The molecular formula is C20H23N3O2. The zero-order valence-electron chi connectivity index (χ0n) is 14.4. The molecule has 0 aliphatic heterocycles. The fourth-order valence-electron chi connectivity index (χ4n) is 2.70. The molecule has 3 aromatic rings. The summed E-state index contributed by atoms with van der Waals surface area (Å²) in [5, 5.41) is 4.16. The lowest BCUT2D eigenvalue weighted by Crippen LogP contribution is -2.40. The Morgan fingerprint density at radius 3 is 2.72 bits per heavy atom. The van der Waals surface area contributed by atoms with Gasteiger partial charge in [0, 0.05) is 30.7 Å². The first kappa shape index (κ1) is 16.9. The van der Waals surface area contributed by atoms with E-state index < -0.39 is 0 Å². The van der Waals surface area contributed by atoms with Gasteiger partial charge in [0.05, 0.1) is 6.54 Å². The van der Waals surface area contributed by atoms with Crippen LogP contribution in [0, 0.1) is 0 Å². The molecule has 130 valence electrons. The Kier molecular flexibility index (Phi) is 5.57. The van der Waals surface area contributed by atoms with E-state index in [2.05, 4.69) is 22.4 Å². The van der Waals surface area contributed by atoms with Gasteiger partial charge in [-0.3, -0.25) is 0 Å². The molecule has 0 unspecified atom stereocenters. The van der Waals surface area contributed by atoms with Crippen molar-refractivity contribution in [1.29, 1.82) is 0 Å². The Morgan fingerprint density at radius 2 is 1.88 bits per heavy atom. The molecular weight excluding hydrogens is 314 g/mol. The maximum absolute atomic E-state index is 12.1. The van der Waals surface area contributed by atoms with E-state index in [-0.39, 0.29) is 6.03 Å². The molecule has 0 spiro atoms. The Hall–Kier alpha value is -2.95. The van der Waals surface area contributed by atoms with Gasteiger partial charge in [-0.25, -0.2) is 4.79 Å². The Morgan fingerprint density at radius 1 is 1.12 bits per heavy atom. The lowest BCUT2D eigenvalue weighted by Gasteiger charge is -2.18. The first-order valence-corrected chi connectivity index (χ1v) is 8.46. The van der Waals surface area contributed by atoms with Gasteiger partial charge >= 0.3 is 6.03 Å². The highest BCUT2D eigenvalue weighted by molar-refractivity contribution is 5.83. The number of hydrogen-bond donors (Lipinski definition) is 2. The number of nitrogens with zero attached hydrogens (tertiary/aromatic N) is 1.